The Kier molecular flexibility index (Phi) is 5.05. The zero-order valence-electron chi connectivity index (χ0n) is 15.3. The number of carbonyl (C=O) groups excluding carboxylic acids is 1. The Morgan fingerprint density at radius 3 is 2.18 bits per heavy atom. The number of para-hydroxylation sites is 3. The summed E-state index contributed by atoms with van der Waals surface area (Å²) < 4.78 is 0. The van der Waals surface area contributed by atoms with Crippen LogP contribution in [-0.4, -0.2) is 47.4 Å². The molecule has 2 aromatic carbocycles. The number of nitrogens with zero attached hydrogens (tertiary/aromatic N) is 4. The smallest absolute Gasteiger partial charge is 0.276 e. The zero-order valence-corrected chi connectivity index (χ0v) is 15.3. The van der Waals surface area contributed by atoms with E-state index in [0.717, 1.165) is 43.4 Å². The normalized spacial score (nSPS) is 14.0. The van der Waals surface area contributed by atoms with E-state index in [9.17, 15) is 9.90 Å². The molecule has 1 aromatic heterocycles. The molecule has 0 bridgehead atoms. The van der Waals surface area contributed by atoms with Crippen LogP contribution in [-0.2, 0) is 0 Å². The van der Waals surface area contributed by atoms with Crippen molar-refractivity contribution in [2.75, 3.05) is 41.3 Å². The van der Waals surface area contributed by atoms with E-state index in [-0.39, 0.29) is 11.6 Å². The first-order chi connectivity index (χ1) is 13.7. The number of piperazine rings is 1. The van der Waals surface area contributed by atoms with Crippen LogP contribution < -0.4 is 15.1 Å². The first-order valence-electron chi connectivity index (χ1n) is 9.19. The van der Waals surface area contributed by atoms with Crippen LogP contribution in [0.25, 0.3) is 0 Å². The number of nitrogens with one attached hydrogen (secondary N) is 1. The van der Waals surface area contributed by atoms with Gasteiger partial charge in [0.25, 0.3) is 5.91 Å². The molecule has 2 N–H and O–H groups in total. The SMILES string of the molecule is O=C(Nc1ccccc1)c1ccc(N2CCN(c3ccccc3O)CC2)nn1. The Hall–Kier alpha value is -3.61. The van der Waals surface area contributed by atoms with E-state index < -0.39 is 0 Å². The van der Waals surface area contributed by atoms with Crippen molar-refractivity contribution in [3.05, 3.63) is 72.4 Å². The lowest BCUT2D eigenvalue weighted by atomic mass is 10.2. The number of carbonyl (C=O) groups is 1. The highest BCUT2D eigenvalue weighted by Crippen LogP contribution is 2.27. The van der Waals surface area contributed by atoms with Crippen LogP contribution in [0.1, 0.15) is 10.5 Å². The molecule has 1 aliphatic heterocycles. The van der Waals surface area contributed by atoms with Crippen molar-refractivity contribution in [2.45, 2.75) is 0 Å². The van der Waals surface area contributed by atoms with Crippen molar-refractivity contribution in [1.29, 1.82) is 0 Å². The molecule has 142 valence electrons. The molecule has 1 fully saturated rings. The number of phenolic OH excluding ortho intramolecular Hbond substituents is 1. The number of amides is 1. The first-order valence-corrected chi connectivity index (χ1v) is 9.19. The van der Waals surface area contributed by atoms with Crippen LogP contribution in [0.4, 0.5) is 17.2 Å². The van der Waals surface area contributed by atoms with Gasteiger partial charge in [-0.15, -0.1) is 10.2 Å². The molecule has 0 unspecified atom stereocenters. The van der Waals surface area contributed by atoms with Crippen LogP contribution in [0.3, 0.4) is 0 Å². The fourth-order valence-corrected chi connectivity index (χ4v) is 3.24. The van der Waals surface area contributed by atoms with E-state index in [1.165, 1.54) is 0 Å². The second kappa shape index (κ2) is 7.96. The van der Waals surface area contributed by atoms with Gasteiger partial charge in [-0.1, -0.05) is 30.3 Å². The fraction of sp³-hybridized carbons (Fsp3) is 0.190. The molecule has 0 aliphatic carbocycles. The molecule has 2 heterocycles. The Morgan fingerprint density at radius 2 is 1.50 bits per heavy atom. The van der Waals surface area contributed by atoms with Crippen LogP contribution in [0.5, 0.6) is 5.75 Å². The second-order valence-corrected chi connectivity index (χ2v) is 6.56. The van der Waals surface area contributed by atoms with Crippen LogP contribution in [0, 0.1) is 0 Å². The van der Waals surface area contributed by atoms with E-state index in [0.29, 0.717) is 5.75 Å². The predicted molar refractivity (Wildman–Crippen MR) is 109 cm³/mol. The maximum atomic E-state index is 12.3. The maximum Gasteiger partial charge on any atom is 0.276 e. The highest BCUT2D eigenvalue weighted by atomic mass is 16.3. The van der Waals surface area contributed by atoms with E-state index in [1.807, 2.05) is 54.6 Å². The lowest BCUT2D eigenvalue weighted by molar-refractivity contribution is 0.102. The Morgan fingerprint density at radius 1 is 0.821 bits per heavy atom. The molecule has 0 saturated carbocycles. The van der Waals surface area contributed by atoms with Crippen molar-refractivity contribution < 1.29 is 9.90 Å². The molecule has 1 amide bonds. The molecular formula is C21H21N5O2. The number of aromatic nitrogens is 2. The summed E-state index contributed by atoms with van der Waals surface area (Å²) in [5.41, 5.74) is 1.85. The van der Waals surface area contributed by atoms with E-state index in [4.69, 9.17) is 0 Å². The van der Waals surface area contributed by atoms with Crippen molar-refractivity contribution in [3.8, 4) is 5.75 Å². The van der Waals surface area contributed by atoms with Crippen molar-refractivity contribution >= 4 is 23.1 Å². The first kappa shape index (κ1) is 17.8. The van der Waals surface area contributed by atoms with E-state index >= 15 is 0 Å². The minimum Gasteiger partial charge on any atom is -0.506 e. The summed E-state index contributed by atoms with van der Waals surface area (Å²) in [6.45, 7) is 3.07. The number of aromatic hydroxyl groups is 1. The zero-order chi connectivity index (χ0) is 19.3. The molecule has 1 aliphatic rings. The summed E-state index contributed by atoms with van der Waals surface area (Å²) in [6.07, 6.45) is 0. The van der Waals surface area contributed by atoms with Gasteiger partial charge in [-0.2, -0.15) is 0 Å². The van der Waals surface area contributed by atoms with E-state index in [1.54, 1.807) is 12.1 Å². The summed E-state index contributed by atoms with van der Waals surface area (Å²) in [5, 5.41) is 21.1. The molecule has 0 spiro atoms. The van der Waals surface area contributed by atoms with Crippen molar-refractivity contribution in [3.63, 3.8) is 0 Å². The minimum absolute atomic E-state index is 0.278. The third-order valence-corrected chi connectivity index (χ3v) is 4.74. The summed E-state index contributed by atoms with van der Waals surface area (Å²) in [5.74, 6) is 0.757. The van der Waals surface area contributed by atoms with Crippen molar-refractivity contribution in [2.24, 2.45) is 0 Å². The summed E-state index contributed by atoms with van der Waals surface area (Å²) in [4.78, 5) is 16.6. The number of hydrogen-bond donors (Lipinski definition) is 2. The topological polar surface area (TPSA) is 81.6 Å². The lowest BCUT2D eigenvalue weighted by Crippen LogP contribution is -2.47. The molecule has 3 aromatic rings. The van der Waals surface area contributed by atoms with Gasteiger partial charge in [0, 0.05) is 31.9 Å². The van der Waals surface area contributed by atoms with Crippen LogP contribution >= 0.6 is 0 Å². The maximum absolute atomic E-state index is 12.3. The summed E-state index contributed by atoms with van der Waals surface area (Å²) in [7, 11) is 0. The highest BCUT2D eigenvalue weighted by Gasteiger charge is 2.20. The molecule has 1 saturated heterocycles. The van der Waals surface area contributed by atoms with E-state index in [2.05, 4.69) is 25.3 Å². The van der Waals surface area contributed by atoms with Gasteiger partial charge in [0.05, 0.1) is 5.69 Å². The monoisotopic (exact) mass is 375 g/mol. The van der Waals surface area contributed by atoms with Gasteiger partial charge in [0.2, 0.25) is 0 Å². The molecule has 7 heteroatoms. The second-order valence-electron chi connectivity index (χ2n) is 6.56. The predicted octanol–water partition coefficient (Wildman–Crippen LogP) is 2.76. The van der Waals surface area contributed by atoms with Crippen LogP contribution in [0.15, 0.2) is 66.7 Å². The standard InChI is InChI=1S/C21H21N5O2/c27-19-9-5-4-8-18(19)25-12-14-26(15-13-25)20-11-10-17(23-24-20)21(28)22-16-6-2-1-3-7-16/h1-11,27H,12-15H2,(H,22,28). The Bertz CT molecular complexity index is 939. The van der Waals surface area contributed by atoms with Gasteiger partial charge in [0.15, 0.2) is 11.5 Å². The largest absolute Gasteiger partial charge is 0.506 e. The fourth-order valence-electron chi connectivity index (χ4n) is 3.24. The number of anilines is 3. The minimum atomic E-state index is -0.283. The number of rotatable bonds is 4. The highest BCUT2D eigenvalue weighted by molar-refractivity contribution is 6.02. The molecule has 7 nitrogen and oxygen atoms in total. The van der Waals surface area contributed by atoms with Gasteiger partial charge >= 0.3 is 0 Å². The molecule has 28 heavy (non-hydrogen) atoms. The summed E-state index contributed by atoms with van der Waals surface area (Å²) >= 11 is 0. The molecule has 0 radical (unpaired) electrons. The molecular weight excluding hydrogens is 354 g/mol. The molecule has 4 rings (SSSR count). The van der Waals surface area contributed by atoms with Gasteiger partial charge < -0.3 is 20.2 Å². The van der Waals surface area contributed by atoms with Crippen molar-refractivity contribution in [1.82, 2.24) is 10.2 Å². The summed E-state index contributed by atoms with van der Waals surface area (Å²) in [6, 6.07) is 20.1. The number of hydrogen-bond acceptors (Lipinski definition) is 6. The van der Waals surface area contributed by atoms with Gasteiger partial charge in [-0.05, 0) is 36.4 Å². The average molecular weight is 375 g/mol. The molecule has 0 atom stereocenters. The number of phenols is 1. The van der Waals surface area contributed by atoms with Gasteiger partial charge in [-0.25, -0.2) is 0 Å². The lowest BCUT2D eigenvalue weighted by Gasteiger charge is -2.36. The third kappa shape index (κ3) is 3.88. The Labute approximate surface area is 163 Å². The third-order valence-electron chi connectivity index (χ3n) is 4.74. The quantitative estimate of drug-likeness (QED) is 0.730. The van der Waals surface area contributed by atoms with Gasteiger partial charge in [0.1, 0.15) is 5.75 Å². The average Bonchev–Trinajstić information content (AvgIpc) is 2.75. The van der Waals surface area contributed by atoms with Crippen LogP contribution in [0.2, 0.25) is 0 Å². The van der Waals surface area contributed by atoms with Gasteiger partial charge in [-0.3, -0.25) is 4.79 Å². The Balaban J connectivity index is 1.37. The number of benzene rings is 2.